The van der Waals surface area contributed by atoms with Gasteiger partial charge in [0.15, 0.2) is 11.5 Å². The molecule has 3 aromatic rings. The van der Waals surface area contributed by atoms with Crippen molar-refractivity contribution in [3.05, 3.63) is 74.0 Å². The number of hydrogen-bond acceptors (Lipinski definition) is 7. The summed E-state index contributed by atoms with van der Waals surface area (Å²) in [7, 11) is 0. The van der Waals surface area contributed by atoms with Crippen LogP contribution < -0.4 is 20.8 Å². The predicted molar refractivity (Wildman–Crippen MR) is 121 cm³/mol. The second-order valence-corrected chi connectivity index (χ2v) is 7.42. The first-order valence-corrected chi connectivity index (χ1v) is 10.2. The van der Waals surface area contributed by atoms with Crippen molar-refractivity contribution in [2.75, 3.05) is 12.3 Å². The van der Waals surface area contributed by atoms with Crippen LogP contribution in [-0.2, 0) is 0 Å². The molecule has 0 saturated carbocycles. The van der Waals surface area contributed by atoms with E-state index >= 15 is 0 Å². The van der Waals surface area contributed by atoms with Crippen molar-refractivity contribution in [3.63, 3.8) is 0 Å². The summed E-state index contributed by atoms with van der Waals surface area (Å²) in [5.41, 5.74) is 3.03. The lowest BCUT2D eigenvalue weighted by Gasteiger charge is -2.17. The molecule has 1 aromatic heterocycles. The van der Waals surface area contributed by atoms with Gasteiger partial charge in [0, 0.05) is 15.6 Å². The van der Waals surface area contributed by atoms with Gasteiger partial charge in [0.05, 0.1) is 12.2 Å². The first-order chi connectivity index (χ1) is 15.6. The number of aromatic nitrogens is 1. The van der Waals surface area contributed by atoms with E-state index in [0.717, 1.165) is 0 Å². The standard InChI is InChI=1S/C22H17BrN2O8/c1-2-32-13-8-11(12(23)9-14(13)33-22(31)10-6-4-3-5-7-10)15-16(20(27)28)18(24)25-19(26)17(15)21(29)30/h3-9H,2H2,1H3,(H,27,28)(H,29,30)(H3,24,25,26). The molecule has 0 spiro atoms. The number of nitrogen functional groups attached to an aromatic ring is 1. The molecule has 0 fully saturated rings. The zero-order valence-electron chi connectivity index (χ0n) is 17.0. The highest BCUT2D eigenvalue weighted by molar-refractivity contribution is 9.10. The van der Waals surface area contributed by atoms with Gasteiger partial charge >= 0.3 is 17.9 Å². The van der Waals surface area contributed by atoms with Gasteiger partial charge in [-0.05, 0) is 31.2 Å². The van der Waals surface area contributed by atoms with Gasteiger partial charge in [-0.2, -0.15) is 0 Å². The molecule has 10 nitrogen and oxygen atoms in total. The number of anilines is 1. The number of rotatable bonds is 7. The highest BCUT2D eigenvalue weighted by atomic mass is 79.9. The van der Waals surface area contributed by atoms with Gasteiger partial charge in [-0.1, -0.05) is 34.1 Å². The Morgan fingerprint density at radius 3 is 2.24 bits per heavy atom. The van der Waals surface area contributed by atoms with Crippen LogP contribution in [0.4, 0.5) is 5.82 Å². The van der Waals surface area contributed by atoms with Crippen molar-refractivity contribution in [1.82, 2.24) is 4.98 Å². The van der Waals surface area contributed by atoms with Crippen LogP contribution in [0.3, 0.4) is 0 Å². The molecule has 3 rings (SSSR count). The van der Waals surface area contributed by atoms with E-state index in [1.54, 1.807) is 37.3 Å². The van der Waals surface area contributed by atoms with Gasteiger partial charge in [0.25, 0.3) is 5.56 Å². The van der Waals surface area contributed by atoms with Gasteiger partial charge < -0.3 is 30.4 Å². The van der Waals surface area contributed by atoms with Gasteiger partial charge in [-0.3, -0.25) is 4.79 Å². The normalized spacial score (nSPS) is 10.5. The Bertz CT molecular complexity index is 1320. The van der Waals surface area contributed by atoms with E-state index in [4.69, 9.17) is 15.2 Å². The number of hydrogen-bond donors (Lipinski definition) is 4. The van der Waals surface area contributed by atoms with Crippen molar-refractivity contribution in [3.8, 4) is 22.6 Å². The minimum atomic E-state index is -1.65. The molecule has 0 radical (unpaired) electrons. The first-order valence-electron chi connectivity index (χ1n) is 9.41. The number of nitrogens with one attached hydrogen (secondary N) is 1. The molecule has 0 amide bonds. The zero-order valence-corrected chi connectivity index (χ0v) is 18.6. The fourth-order valence-electron chi connectivity index (χ4n) is 3.12. The number of benzene rings is 2. The van der Waals surface area contributed by atoms with Crippen LogP contribution in [0.2, 0.25) is 0 Å². The van der Waals surface area contributed by atoms with Crippen molar-refractivity contribution in [2.24, 2.45) is 0 Å². The summed E-state index contributed by atoms with van der Waals surface area (Å²) >= 11 is 3.25. The maximum Gasteiger partial charge on any atom is 0.343 e. The smallest absolute Gasteiger partial charge is 0.343 e. The Hall–Kier alpha value is -4.12. The SMILES string of the molecule is CCOc1cc(-c2c(C(=O)O)c(N)[nH]c(=O)c2C(=O)O)c(Br)cc1OC(=O)c1ccccc1. The maximum atomic E-state index is 12.5. The second kappa shape index (κ2) is 9.57. The minimum absolute atomic E-state index is 0.00658. The Morgan fingerprint density at radius 1 is 1.03 bits per heavy atom. The lowest BCUT2D eigenvalue weighted by atomic mass is 9.95. The van der Waals surface area contributed by atoms with Crippen LogP contribution in [0.1, 0.15) is 38.0 Å². The lowest BCUT2D eigenvalue weighted by molar-refractivity contribution is 0.0693. The lowest BCUT2D eigenvalue weighted by Crippen LogP contribution is -2.24. The van der Waals surface area contributed by atoms with E-state index in [0.29, 0.717) is 0 Å². The largest absolute Gasteiger partial charge is 0.490 e. The summed E-state index contributed by atoms with van der Waals surface area (Å²) in [4.78, 5) is 50.6. The minimum Gasteiger partial charge on any atom is -0.490 e. The average Bonchev–Trinajstić information content (AvgIpc) is 2.75. The molecule has 0 aliphatic carbocycles. The van der Waals surface area contributed by atoms with E-state index in [1.807, 2.05) is 4.98 Å². The number of halogens is 1. The molecule has 33 heavy (non-hydrogen) atoms. The number of ether oxygens (including phenoxy) is 2. The number of carbonyl (C=O) groups is 3. The fourth-order valence-corrected chi connectivity index (χ4v) is 3.64. The van der Waals surface area contributed by atoms with Crippen LogP contribution in [-0.4, -0.2) is 39.7 Å². The molecule has 0 atom stereocenters. The van der Waals surface area contributed by atoms with Gasteiger partial charge in [0.1, 0.15) is 16.9 Å². The number of pyridine rings is 1. The summed E-state index contributed by atoms with van der Waals surface area (Å²) in [6, 6.07) is 10.8. The number of carboxylic acid groups (broad SMARTS) is 2. The highest BCUT2D eigenvalue weighted by Gasteiger charge is 2.29. The van der Waals surface area contributed by atoms with Crippen LogP contribution in [0.25, 0.3) is 11.1 Å². The third kappa shape index (κ3) is 4.72. The summed E-state index contributed by atoms with van der Waals surface area (Å²) < 4.78 is 11.1. The van der Waals surface area contributed by atoms with E-state index < -0.39 is 46.0 Å². The maximum absolute atomic E-state index is 12.5. The number of aromatic carboxylic acids is 2. The summed E-state index contributed by atoms with van der Waals surface area (Å²) in [6.07, 6.45) is 0. The summed E-state index contributed by atoms with van der Waals surface area (Å²) in [5, 5.41) is 19.3. The molecule has 0 aliphatic rings. The van der Waals surface area contributed by atoms with Crippen molar-refractivity contribution < 1.29 is 34.1 Å². The van der Waals surface area contributed by atoms with Crippen molar-refractivity contribution >= 4 is 39.7 Å². The highest BCUT2D eigenvalue weighted by Crippen LogP contribution is 2.41. The van der Waals surface area contributed by atoms with E-state index in [-0.39, 0.29) is 33.7 Å². The molecule has 0 aliphatic heterocycles. The molecule has 0 unspecified atom stereocenters. The molecular weight excluding hydrogens is 500 g/mol. The molecule has 5 N–H and O–H groups in total. The third-order valence-corrected chi connectivity index (χ3v) is 5.14. The first kappa shape index (κ1) is 23.5. The molecular formula is C22H17BrN2O8. The molecule has 0 bridgehead atoms. The van der Waals surface area contributed by atoms with E-state index in [1.165, 1.54) is 12.1 Å². The molecule has 2 aromatic carbocycles. The predicted octanol–water partition coefficient (Wildman–Crippen LogP) is 3.40. The number of H-pyrrole nitrogens is 1. The molecule has 170 valence electrons. The average molecular weight is 517 g/mol. The van der Waals surface area contributed by atoms with Crippen LogP contribution in [0.5, 0.6) is 11.5 Å². The van der Waals surface area contributed by atoms with Gasteiger partial charge in [-0.15, -0.1) is 0 Å². The van der Waals surface area contributed by atoms with Crippen LogP contribution in [0, 0.1) is 0 Å². The Kier molecular flexibility index (Phi) is 6.83. The van der Waals surface area contributed by atoms with E-state index in [9.17, 15) is 29.4 Å². The van der Waals surface area contributed by atoms with Gasteiger partial charge in [-0.25, -0.2) is 14.4 Å². The molecule has 11 heteroatoms. The Labute approximate surface area is 194 Å². The molecule has 1 heterocycles. The topological polar surface area (TPSA) is 169 Å². The van der Waals surface area contributed by atoms with Crippen molar-refractivity contribution in [1.29, 1.82) is 0 Å². The summed E-state index contributed by atoms with van der Waals surface area (Å²) in [6.45, 7) is 1.81. The monoisotopic (exact) mass is 516 g/mol. The fraction of sp³-hybridized carbons (Fsp3) is 0.0909. The number of nitrogens with two attached hydrogens (primary N) is 1. The number of aromatic amines is 1. The van der Waals surface area contributed by atoms with E-state index in [2.05, 4.69) is 15.9 Å². The number of carbonyl (C=O) groups excluding carboxylic acids is 1. The third-order valence-electron chi connectivity index (χ3n) is 4.49. The van der Waals surface area contributed by atoms with Gasteiger partial charge in [0.2, 0.25) is 0 Å². The quantitative estimate of drug-likeness (QED) is 0.271. The number of esters is 1. The van der Waals surface area contributed by atoms with Crippen LogP contribution in [0.15, 0.2) is 51.7 Å². The Balaban J connectivity index is 2.25. The Morgan fingerprint density at radius 2 is 1.67 bits per heavy atom. The zero-order chi connectivity index (χ0) is 24.3. The number of carboxylic acids is 2. The summed E-state index contributed by atoms with van der Waals surface area (Å²) in [5.74, 6) is -4.38. The molecule has 0 saturated heterocycles. The van der Waals surface area contributed by atoms with Crippen LogP contribution >= 0.6 is 15.9 Å². The second-order valence-electron chi connectivity index (χ2n) is 6.57. The van der Waals surface area contributed by atoms with Crippen molar-refractivity contribution in [2.45, 2.75) is 6.92 Å².